The zero-order chi connectivity index (χ0) is 14.0. The Bertz CT molecular complexity index is 668. The molecule has 1 aromatic heterocycles. The van der Waals surface area contributed by atoms with Crippen molar-refractivity contribution in [2.24, 2.45) is 0 Å². The molecule has 0 radical (unpaired) electrons. The number of aryl methyl sites for hydroxylation is 1. The van der Waals surface area contributed by atoms with Crippen molar-refractivity contribution < 1.29 is 8.42 Å². The van der Waals surface area contributed by atoms with Crippen molar-refractivity contribution in [1.29, 1.82) is 0 Å². The molecular weight excluding hydrogens is 304 g/mol. The molecule has 4 nitrogen and oxygen atoms in total. The second-order valence-electron chi connectivity index (χ2n) is 4.09. The highest BCUT2D eigenvalue weighted by molar-refractivity contribution is 7.91. The van der Waals surface area contributed by atoms with Gasteiger partial charge in [0, 0.05) is 6.04 Å². The van der Waals surface area contributed by atoms with E-state index in [1.165, 1.54) is 0 Å². The lowest BCUT2D eigenvalue weighted by Crippen LogP contribution is -2.26. The number of rotatable bonds is 4. The largest absolute Gasteiger partial charge is 0.252 e. The second kappa shape index (κ2) is 5.58. The van der Waals surface area contributed by atoms with Gasteiger partial charge in [-0.3, -0.25) is 0 Å². The van der Waals surface area contributed by atoms with Crippen molar-refractivity contribution >= 4 is 33.0 Å². The van der Waals surface area contributed by atoms with Crippen LogP contribution in [0.3, 0.4) is 0 Å². The number of aromatic nitrogens is 1. The summed E-state index contributed by atoms with van der Waals surface area (Å²) < 4.78 is 27.5. The third-order valence-electron chi connectivity index (χ3n) is 2.60. The number of halogens is 1. The molecule has 2 aromatic rings. The summed E-state index contributed by atoms with van der Waals surface area (Å²) in [6, 6.07) is 9.06. The Morgan fingerprint density at radius 3 is 2.47 bits per heavy atom. The van der Waals surface area contributed by atoms with Crippen LogP contribution in [-0.2, 0) is 10.0 Å². The Hall–Kier alpha value is -0.950. The first kappa shape index (κ1) is 14.5. The maximum Gasteiger partial charge on any atom is 0.252 e. The molecule has 2 rings (SSSR count). The van der Waals surface area contributed by atoms with Crippen LogP contribution in [0.4, 0.5) is 0 Å². The van der Waals surface area contributed by atoms with E-state index in [4.69, 9.17) is 11.6 Å². The van der Waals surface area contributed by atoms with E-state index in [1.54, 1.807) is 13.8 Å². The smallest absolute Gasteiger partial charge is 0.229 e. The van der Waals surface area contributed by atoms with Gasteiger partial charge in [0.1, 0.15) is 0 Å². The lowest BCUT2D eigenvalue weighted by atomic mass is 10.1. The monoisotopic (exact) mass is 316 g/mol. The van der Waals surface area contributed by atoms with Gasteiger partial charge in [-0.05, 0) is 19.4 Å². The summed E-state index contributed by atoms with van der Waals surface area (Å²) in [5.74, 6) is 0. The van der Waals surface area contributed by atoms with Crippen LogP contribution in [0.25, 0.3) is 0 Å². The summed E-state index contributed by atoms with van der Waals surface area (Å²) in [5.41, 5.74) is 1.32. The summed E-state index contributed by atoms with van der Waals surface area (Å²) in [5, 5.41) is 0. The summed E-state index contributed by atoms with van der Waals surface area (Å²) in [6.07, 6.45) is 0. The van der Waals surface area contributed by atoms with Gasteiger partial charge in [0.05, 0.1) is 5.69 Å². The first-order valence-electron chi connectivity index (χ1n) is 5.60. The third kappa shape index (κ3) is 3.33. The molecule has 19 heavy (non-hydrogen) atoms. The van der Waals surface area contributed by atoms with E-state index < -0.39 is 10.0 Å². The number of hydrogen-bond acceptors (Lipinski definition) is 4. The highest BCUT2D eigenvalue weighted by Crippen LogP contribution is 2.27. The van der Waals surface area contributed by atoms with Crippen LogP contribution in [-0.4, -0.2) is 13.4 Å². The Labute approximate surface area is 121 Å². The van der Waals surface area contributed by atoms with Crippen molar-refractivity contribution in [1.82, 2.24) is 9.71 Å². The lowest BCUT2D eigenvalue weighted by molar-refractivity contribution is 0.568. The minimum absolute atomic E-state index is 0.167. The Balaban J connectivity index is 2.25. The average molecular weight is 317 g/mol. The van der Waals surface area contributed by atoms with E-state index in [1.807, 2.05) is 30.3 Å². The molecule has 1 heterocycles. The first-order valence-corrected chi connectivity index (χ1v) is 8.28. The fourth-order valence-electron chi connectivity index (χ4n) is 1.70. The van der Waals surface area contributed by atoms with E-state index in [0.717, 1.165) is 16.9 Å². The van der Waals surface area contributed by atoms with Gasteiger partial charge in [0.15, 0.2) is 8.68 Å². The van der Waals surface area contributed by atoms with E-state index in [9.17, 15) is 8.42 Å². The molecule has 0 spiro atoms. The molecule has 0 fully saturated rings. The quantitative estimate of drug-likeness (QED) is 0.942. The van der Waals surface area contributed by atoms with E-state index in [2.05, 4.69) is 9.71 Å². The number of nitrogens with zero attached hydrogens (tertiary/aromatic N) is 1. The number of sulfonamides is 1. The molecule has 0 bridgehead atoms. The molecule has 1 aromatic carbocycles. The predicted octanol–water partition coefficient (Wildman–Crippen LogP) is 3.14. The molecule has 0 saturated heterocycles. The van der Waals surface area contributed by atoms with Crippen molar-refractivity contribution in [2.75, 3.05) is 0 Å². The van der Waals surface area contributed by atoms with Crippen LogP contribution >= 0.6 is 22.9 Å². The Kier molecular flexibility index (Phi) is 4.25. The lowest BCUT2D eigenvalue weighted by Gasteiger charge is -2.13. The van der Waals surface area contributed by atoms with Gasteiger partial charge >= 0.3 is 0 Å². The molecular formula is C12H13ClN2O2S2. The van der Waals surface area contributed by atoms with Crippen molar-refractivity contribution in [3.05, 3.63) is 46.1 Å². The molecule has 7 heteroatoms. The standard InChI is InChI=1S/C12H13ClN2O2S2/c1-8(10-6-4-3-5-7-10)15-19(16,17)11-9(2)14-12(13)18-11/h3-8,15H,1-2H3/t8-/m0/s1. The zero-order valence-electron chi connectivity index (χ0n) is 10.4. The van der Waals surface area contributed by atoms with E-state index in [0.29, 0.717) is 5.69 Å². The molecule has 102 valence electrons. The SMILES string of the molecule is Cc1nc(Cl)sc1S(=O)(=O)N[C@@H](C)c1ccccc1. The van der Waals surface area contributed by atoms with Crippen LogP contribution in [0.2, 0.25) is 4.47 Å². The number of benzene rings is 1. The van der Waals surface area contributed by atoms with Gasteiger partial charge in [0.2, 0.25) is 0 Å². The molecule has 0 unspecified atom stereocenters. The van der Waals surface area contributed by atoms with Crippen LogP contribution in [0.5, 0.6) is 0 Å². The molecule has 0 amide bonds. The highest BCUT2D eigenvalue weighted by atomic mass is 35.5. The molecule has 0 aliphatic rings. The molecule has 0 aliphatic heterocycles. The molecule has 1 atom stereocenters. The van der Waals surface area contributed by atoms with Crippen LogP contribution < -0.4 is 4.72 Å². The van der Waals surface area contributed by atoms with Gasteiger partial charge < -0.3 is 0 Å². The van der Waals surface area contributed by atoms with Crippen LogP contribution in [0.1, 0.15) is 24.2 Å². The van der Waals surface area contributed by atoms with Crippen molar-refractivity contribution in [3.8, 4) is 0 Å². The Morgan fingerprint density at radius 1 is 1.32 bits per heavy atom. The van der Waals surface area contributed by atoms with E-state index >= 15 is 0 Å². The van der Waals surface area contributed by atoms with Crippen molar-refractivity contribution in [3.63, 3.8) is 0 Å². The maximum atomic E-state index is 12.3. The normalized spacial score (nSPS) is 13.4. The van der Waals surface area contributed by atoms with Gasteiger partial charge in [0.25, 0.3) is 10.0 Å². The maximum absolute atomic E-state index is 12.3. The summed E-state index contributed by atoms with van der Waals surface area (Å²) in [4.78, 5) is 3.92. The summed E-state index contributed by atoms with van der Waals surface area (Å²) >= 11 is 6.70. The summed E-state index contributed by atoms with van der Waals surface area (Å²) in [6.45, 7) is 3.43. The Morgan fingerprint density at radius 2 is 1.95 bits per heavy atom. The first-order chi connectivity index (χ1) is 8.90. The van der Waals surface area contributed by atoms with Crippen molar-refractivity contribution in [2.45, 2.75) is 24.1 Å². The van der Waals surface area contributed by atoms with Crippen LogP contribution in [0.15, 0.2) is 34.5 Å². The molecule has 0 saturated carbocycles. The van der Waals surface area contributed by atoms with Gasteiger partial charge in [-0.15, -0.1) is 0 Å². The highest BCUT2D eigenvalue weighted by Gasteiger charge is 2.23. The van der Waals surface area contributed by atoms with Gasteiger partial charge in [-0.1, -0.05) is 53.3 Å². The summed E-state index contributed by atoms with van der Waals surface area (Å²) in [7, 11) is -3.60. The second-order valence-corrected chi connectivity index (χ2v) is 7.58. The molecule has 0 aliphatic carbocycles. The minimum atomic E-state index is -3.60. The minimum Gasteiger partial charge on any atom is -0.229 e. The molecule has 1 N–H and O–H groups in total. The van der Waals surface area contributed by atoms with Gasteiger partial charge in [-0.25, -0.2) is 18.1 Å². The third-order valence-corrected chi connectivity index (χ3v) is 6.02. The number of thiazole rings is 1. The van der Waals surface area contributed by atoms with Crippen LogP contribution in [0, 0.1) is 6.92 Å². The fourth-order valence-corrected chi connectivity index (χ4v) is 4.68. The topological polar surface area (TPSA) is 59.1 Å². The number of hydrogen-bond donors (Lipinski definition) is 1. The average Bonchev–Trinajstić information content (AvgIpc) is 2.70. The van der Waals surface area contributed by atoms with E-state index in [-0.39, 0.29) is 14.7 Å². The number of nitrogens with one attached hydrogen (secondary N) is 1. The predicted molar refractivity (Wildman–Crippen MR) is 77.0 cm³/mol. The van der Waals surface area contributed by atoms with Gasteiger partial charge in [-0.2, -0.15) is 0 Å². The zero-order valence-corrected chi connectivity index (χ0v) is 12.8. The fraction of sp³-hybridized carbons (Fsp3) is 0.250.